The van der Waals surface area contributed by atoms with Crippen molar-refractivity contribution in [2.75, 3.05) is 33.8 Å². The zero-order valence-corrected chi connectivity index (χ0v) is 12.1. The van der Waals surface area contributed by atoms with Gasteiger partial charge < -0.3 is 15.0 Å². The molecule has 0 saturated carbocycles. The minimum absolute atomic E-state index is 0.390. The number of rotatable bonds is 8. The van der Waals surface area contributed by atoms with Crippen LogP contribution in [0.4, 0.5) is 0 Å². The lowest BCUT2D eigenvalue weighted by Gasteiger charge is -2.24. The fraction of sp³-hybridized carbons (Fsp3) is 0.600. The molecule has 0 aliphatic rings. The van der Waals surface area contributed by atoms with Gasteiger partial charge in [-0.1, -0.05) is 26.0 Å². The van der Waals surface area contributed by atoms with E-state index in [1.807, 2.05) is 12.1 Å². The van der Waals surface area contributed by atoms with E-state index < -0.39 is 0 Å². The van der Waals surface area contributed by atoms with Crippen molar-refractivity contribution in [1.29, 1.82) is 0 Å². The van der Waals surface area contributed by atoms with Gasteiger partial charge in [-0.2, -0.15) is 0 Å². The number of benzene rings is 1. The number of methoxy groups -OCH3 is 1. The summed E-state index contributed by atoms with van der Waals surface area (Å²) in [7, 11) is 3.86. The summed E-state index contributed by atoms with van der Waals surface area (Å²) in [4.78, 5) is 2.33. The van der Waals surface area contributed by atoms with E-state index in [1.165, 1.54) is 5.56 Å². The van der Waals surface area contributed by atoms with Crippen LogP contribution >= 0.6 is 0 Å². The van der Waals surface area contributed by atoms with Crippen LogP contribution in [0.15, 0.2) is 24.3 Å². The molecular weight excluding hydrogens is 224 g/mol. The first-order valence-electron chi connectivity index (χ1n) is 6.77. The van der Waals surface area contributed by atoms with Gasteiger partial charge in [-0.05, 0) is 44.3 Å². The normalized spacial score (nSPS) is 12.7. The van der Waals surface area contributed by atoms with Crippen LogP contribution in [0.5, 0.6) is 5.75 Å². The first kappa shape index (κ1) is 15.0. The smallest absolute Gasteiger partial charge is 0.118 e. The SMILES string of the molecule is CCCNC(CN(C)CC)c1ccc(OC)cc1. The summed E-state index contributed by atoms with van der Waals surface area (Å²) < 4.78 is 5.20. The lowest BCUT2D eigenvalue weighted by molar-refractivity contribution is 0.303. The molecule has 1 atom stereocenters. The van der Waals surface area contributed by atoms with Gasteiger partial charge in [0.15, 0.2) is 0 Å². The van der Waals surface area contributed by atoms with E-state index in [9.17, 15) is 0 Å². The van der Waals surface area contributed by atoms with Crippen molar-refractivity contribution in [3.8, 4) is 5.75 Å². The molecule has 0 aromatic heterocycles. The third kappa shape index (κ3) is 4.67. The molecule has 3 heteroatoms. The minimum atomic E-state index is 0.390. The second-order valence-electron chi connectivity index (χ2n) is 4.63. The van der Waals surface area contributed by atoms with Gasteiger partial charge in [-0.3, -0.25) is 0 Å². The Kier molecular flexibility index (Phi) is 6.76. The Bertz CT molecular complexity index is 324. The summed E-state index contributed by atoms with van der Waals surface area (Å²) in [5.41, 5.74) is 1.32. The molecule has 0 aliphatic heterocycles. The molecule has 18 heavy (non-hydrogen) atoms. The summed E-state index contributed by atoms with van der Waals surface area (Å²) in [5, 5.41) is 3.61. The number of hydrogen-bond acceptors (Lipinski definition) is 3. The molecule has 0 radical (unpaired) electrons. The van der Waals surface area contributed by atoms with Crippen molar-refractivity contribution in [2.24, 2.45) is 0 Å². The van der Waals surface area contributed by atoms with E-state index in [4.69, 9.17) is 4.74 Å². The van der Waals surface area contributed by atoms with Crippen molar-refractivity contribution < 1.29 is 4.74 Å². The highest BCUT2D eigenvalue weighted by atomic mass is 16.5. The number of nitrogens with one attached hydrogen (secondary N) is 1. The average molecular weight is 250 g/mol. The van der Waals surface area contributed by atoms with Crippen LogP contribution in [0.3, 0.4) is 0 Å². The maximum atomic E-state index is 5.20. The highest BCUT2D eigenvalue weighted by molar-refractivity contribution is 5.29. The molecule has 1 N–H and O–H groups in total. The molecule has 1 rings (SSSR count). The zero-order chi connectivity index (χ0) is 13.4. The Morgan fingerprint density at radius 1 is 1.22 bits per heavy atom. The zero-order valence-electron chi connectivity index (χ0n) is 12.1. The Hall–Kier alpha value is -1.06. The molecule has 0 heterocycles. The number of ether oxygens (including phenoxy) is 1. The van der Waals surface area contributed by atoms with Crippen molar-refractivity contribution in [1.82, 2.24) is 10.2 Å². The fourth-order valence-corrected chi connectivity index (χ4v) is 1.88. The van der Waals surface area contributed by atoms with Crippen molar-refractivity contribution in [3.05, 3.63) is 29.8 Å². The maximum absolute atomic E-state index is 5.20. The molecule has 0 amide bonds. The topological polar surface area (TPSA) is 24.5 Å². The summed E-state index contributed by atoms with van der Waals surface area (Å²) in [5.74, 6) is 0.914. The number of hydrogen-bond donors (Lipinski definition) is 1. The van der Waals surface area contributed by atoms with Crippen LogP contribution in [-0.2, 0) is 0 Å². The minimum Gasteiger partial charge on any atom is -0.497 e. The highest BCUT2D eigenvalue weighted by Crippen LogP contribution is 2.18. The van der Waals surface area contributed by atoms with Crippen molar-refractivity contribution >= 4 is 0 Å². The third-order valence-electron chi connectivity index (χ3n) is 3.19. The molecule has 1 aromatic carbocycles. The van der Waals surface area contributed by atoms with E-state index in [1.54, 1.807) is 7.11 Å². The molecule has 3 nitrogen and oxygen atoms in total. The van der Waals surface area contributed by atoms with Gasteiger partial charge in [-0.15, -0.1) is 0 Å². The van der Waals surface area contributed by atoms with E-state index in [-0.39, 0.29) is 0 Å². The van der Waals surface area contributed by atoms with Crippen molar-refractivity contribution in [3.63, 3.8) is 0 Å². The molecular formula is C15H26N2O. The van der Waals surface area contributed by atoms with Gasteiger partial charge in [0.1, 0.15) is 5.75 Å². The van der Waals surface area contributed by atoms with Crippen molar-refractivity contribution in [2.45, 2.75) is 26.3 Å². The predicted octanol–water partition coefficient (Wildman–Crippen LogP) is 2.69. The monoisotopic (exact) mass is 250 g/mol. The van der Waals surface area contributed by atoms with Crippen LogP contribution in [0.1, 0.15) is 31.9 Å². The molecule has 0 spiro atoms. The second kappa shape index (κ2) is 8.11. The van der Waals surface area contributed by atoms with Crippen LogP contribution in [-0.4, -0.2) is 38.7 Å². The van der Waals surface area contributed by atoms with Gasteiger partial charge in [0.2, 0.25) is 0 Å². The van der Waals surface area contributed by atoms with Gasteiger partial charge in [0.05, 0.1) is 7.11 Å². The lowest BCUT2D eigenvalue weighted by Crippen LogP contribution is -2.33. The van der Waals surface area contributed by atoms with Crippen LogP contribution in [0.25, 0.3) is 0 Å². The Morgan fingerprint density at radius 2 is 1.89 bits per heavy atom. The Morgan fingerprint density at radius 3 is 2.39 bits per heavy atom. The van der Waals surface area contributed by atoms with Gasteiger partial charge in [0.25, 0.3) is 0 Å². The predicted molar refractivity (Wildman–Crippen MR) is 77.2 cm³/mol. The quantitative estimate of drug-likeness (QED) is 0.767. The van der Waals surface area contributed by atoms with Crippen LogP contribution in [0.2, 0.25) is 0 Å². The summed E-state index contributed by atoms with van der Waals surface area (Å²) in [6, 6.07) is 8.75. The average Bonchev–Trinajstić information content (AvgIpc) is 2.43. The first-order valence-corrected chi connectivity index (χ1v) is 6.77. The highest BCUT2D eigenvalue weighted by Gasteiger charge is 2.12. The number of nitrogens with zero attached hydrogens (tertiary/aromatic N) is 1. The standard InChI is InChI=1S/C15H26N2O/c1-5-11-16-15(12-17(3)6-2)13-7-9-14(18-4)10-8-13/h7-10,15-16H,5-6,11-12H2,1-4H3. The molecule has 1 aromatic rings. The Labute approximate surface area is 111 Å². The first-order chi connectivity index (χ1) is 8.71. The van der Waals surface area contributed by atoms with E-state index in [2.05, 4.69) is 43.2 Å². The van der Waals surface area contributed by atoms with E-state index >= 15 is 0 Å². The summed E-state index contributed by atoms with van der Waals surface area (Å²) in [6.07, 6.45) is 1.16. The maximum Gasteiger partial charge on any atom is 0.118 e. The van der Waals surface area contributed by atoms with Gasteiger partial charge >= 0.3 is 0 Å². The molecule has 0 bridgehead atoms. The summed E-state index contributed by atoms with van der Waals surface area (Å²) >= 11 is 0. The van der Waals surface area contributed by atoms with Gasteiger partial charge in [-0.25, -0.2) is 0 Å². The molecule has 1 unspecified atom stereocenters. The third-order valence-corrected chi connectivity index (χ3v) is 3.19. The number of likely N-dealkylation sites (N-methyl/N-ethyl adjacent to an activating group) is 1. The fourth-order valence-electron chi connectivity index (χ4n) is 1.88. The molecule has 0 aliphatic carbocycles. The molecule has 0 saturated heterocycles. The van der Waals surface area contributed by atoms with Crippen LogP contribution in [0, 0.1) is 0 Å². The molecule has 102 valence electrons. The van der Waals surface area contributed by atoms with Gasteiger partial charge in [0, 0.05) is 12.6 Å². The van der Waals surface area contributed by atoms with Crippen LogP contribution < -0.4 is 10.1 Å². The van der Waals surface area contributed by atoms with E-state index in [0.717, 1.165) is 31.8 Å². The molecule has 0 fully saturated rings. The van der Waals surface area contributed by atoms with E-state index in [0.29, 0.717) is 6.04 Å². The largest absolute Gasteiger partial charge is 0.497 e. The Balaban J connectivity index is 2.72. The summed E-state index contributed by atoms with van der Waals surface area (Å²) in [6.45, 7) is 7.53. The second-order valence-corrected chi connectivity index (χ2v) is 4.63. The lowest BCUT2D eigenvalue weighted by atomic mass is 10.1.